The molecular weight excluding hydrogens is 444 g/mol. The van der Waals surface area contributed by atoms with Crippen molar-refractivity contribution in [1.29, 1.82) is 0 Å². The predicted octanol–water partition coefficient (Wildman–Crippen LogP) is 1.88. The number of aromatic nitrogens is 2. The highest BCUT2D eigenvalue weighted by atomic mass is 19.3. The zero-order chi connectivity index (χ0) is 24.0. The van der Waals surface area contributed by atoms with Gasteiger partial charge in [-0.15, -0.1) is 0 Å². The van der Waals surface area contributed by atoms with Crippen LogP contribution in [0.25, 0.3) is 0 Å². The maximum atomic E-state index is 14.8. The molecule has 1 aromatic heterocycles. The number of hydrogen-bond donors (Lipinski definition) is 2. The van der Waals surface area contributed by atoms with Crippen molar-refractivity contribution in [2.45, 2.75) is 44.1 Å². The topological polar surface area (TPSA) is 129 Å². The van der Waals surface area contributed by atoms with Crippen molar-refractivity contribution in [2.24, 2.45) is 0 Å². The lowest BCUT2D eigenvalue weighted by Crippen LogP contribution is -2.42. The standard InChI is InChI=1S/C21H23F2N3O7/c1-2-31-20(30)25-15-10-11-24-19(29)26(15)18-21(22,23)17(28)14(33-18)12-32-16(27)9-8-13-6-4-3-5-7-13/h3-7,10-11,14,17-18,28H,2,8-9,12H2,1H3,(H,25,30)/t14-,17-,18-/m1/s1. The van der Waals surface area contributed by atoms with Crippen LogP contribution in [0.5, 0.6) is 0 Å². The molecular formula is C21H23F2N3O7. The number of anilines is 1. The fourth-order valence-corrected chi connectivity index (χ4v) is 3.24. The van der Waals surface area contributed by atoms with Crippen LogP contribution in [-0.2, 0) is 25.4 Å². The number of aliphatic hydroxyl groups excluding tert-OH is 1. The summed E-state index contributed by atoms with van der Waals surface area (Å²) in [6, 6.07) is 10.2. The van der Waals surface area contributed by atoms with Crippen molar-refractivity contribution in [3.05, 3.63) is 58.6 Å². The lowest BCUT2D eigenvalue weighted by molar-refractivity contribution is -0.150. The van der Waals surface area contributed by atoms with Crippen LogP contribution < -0.4 is 11.0 Å². The molecule has 2 N–H and O–H groups in total. The molecule has 178 valence electrons. The minimum Gasteiger partial charge on any atom is -0.463 e. The molecule has 0 bridgehead atoms. The number of benzene rings is 1. The van der Waals surface area contributed by atoms with Crippen molar-refractivity contribution in [3.8, 4) is 0 Å². The van der Waals surface area contributed by atoms with Gasteiger partial charge < -0.3 is 19.3 Å². The SMILES string of the molecule is CCOC(=O)Nc1ccnc(=O)n1[C@@H]1O[C@H](COC(=O)CCc2ccccc2)[C@@H](O)C1(F)F. The molecule has 1 amide bonds. The highest BCUT2D eigenvalue weighted by molar-refractivity contribution is 5.83. The average molecular weight is 467 g/mol. The zero-order valence-corrected chi connectivity index (χ0v) is 17.6. The molecule has 1 aliphatic rings. The predicted molar refractivity (Wildman–Crippen MR) is 110 cm³/mol. The Labute approximate surface area is 187 Å². The number of esters is 1. The lowest BCUT2D eigenvalue weighted by Gasteiger charge is -2.23. The third-order valence-electron chi connectivity index (χ3n) is 4.87. The first-order chi connectivity index (χ1) is 15.7. The molecule has 0 saturated carbocycles. The van der Waals surface area contributed by atoms with Gasteiger partial charge in [-0.2, -0.15) is 8.78 Å². The van der Waals surface area contributed by atoms with Gasteiger partial charge in [0, 0.05) is 12.6 Å². The number of aliphatic hydroxyl groups is 1. The van der Waals surface area contributed by atoms with Gasteiger partial charge in [0.15, 0.2) is 6.10 Å². The largest absolute Gasteiger partial charge is 0.463 e. The summed E-state index contributed by atoms with van der Waals surface area (Å²) in [6.45, 7) is 0.889. The van der Waals surface area contributed by atoms with Crippen LogP contribution >= 0.6 is 0 Å². The number of amides is 1. The van der Waals surface area contributed by atoms with Gasteiger partial charge in [-0.25, -0.2) is 19.1 Å². The molecule has 2 aromatic rings. The molecule has 3 rings (SSSR count). The summed E-state index contributed by atoms with van der Waals surface area (Å²) in [6.07, 6.45) is -5.89. The summed E-state index contributed by atoms with van der Waals surface area (Å²) in [4.78, 5) is 39.4. The number of ether oxygens (including phenoxy) is 3. The summed E-state index contributed by atoms with van der Waals surface area (Å²) in [5.41, 5.74) is -0.252. The number of alkyl halides is 2. The molecule has 0 radical (unpaired) electrons. The Bertz CT molecular complexity index is 1030. The van der Waals surface area contributed by atoms with E-state index in [9.17, 15) is 28.3 Å². The molecule has 0 aliphatic carbocycles. The molecule has 1 aromatic carbocycles. The molecule has 33 heavy (non-hydrogen) atoms. The van der Waals surface area contributed by atoms with Gasteiger partial charge >= 0.3 is 23.7 Å². The van der Waals surface area contributed by atoms with Gasteiger partial charge in [-0.05, 0) is 25.0 Å². The fraction of sp³-hybridized carbons (Fsp3) is 0.429. The third kappa shape index (κ3) is 5.71. The van der Waals surface area contributed by atoms with E-state index in [1.54, 1.807) is 0 Å². The minimum atomic E-state index is -3.96. The van der Waals surface area contributed by atoms with Crippen LogP contribution in [0.1, 0.15) is 25.1 Å². The molecule has 0 spiro atoms. The van der Waals surface area contributed by atoms with Crippen molar-refractivity contribution in [1.82, 2.24) is 9.55 Å². The van der Waals surface area contributed by atoms with E-state index in [4.69, 9.17) is 14.2 Å². The van der Waals surface area contributed by atoms with Crippen LogP contribution in [0.3, 0.4) is 0 Å². The van der Waals surface area contributed by atoms with Crippen LogP contribution in [0.15, 0.2) is 47.4 Å². The van der Waals surface area contributed by atoms with Gasteiger partial charge in [-0.3, -0.25) is 10.1 Å². The molecule has 10 nitrogen and oxygen atoms in total. The van der Waals surface area contributed by atoms with E-state index in [0.717, 1.165) is 17.8 Å². The van der Waals surface area contributed by atoms with Crippen LogP contribution in [-0.4, -0.2) is 58.1 Å². The van der Waals surface area contributed by atoms with E-state index in [1.807, 2.05) is 30.3 Å². The molecule has 1 aliphatic heterocycles. The van der Waals surface area contributed by atoms with Crippen molar-refractivity contribution in [2.75, 3.05) is 18.5 Å². The number of halogens is 2. The normalized spacial score (nSPS) is 21.4. The maximum absolute atomic E-state index is 14.8. The number of nitrogens with one attached hydrogen (secondary N) is 1. The zero-order valence-electron chi connectivity index (χ0n) is 17.6. The fourth-order valence-electron chi connectivity index (χ4n) is 3.24. The first kappa shape index (κ1) is 24.3. The summed E-state index contributed by atoms with van der Waals surface area (Å²) in [7, 11) is 0. The summed E-state index contributed by atoms with van der Waals surface area (Å²) < 4.78 is 45.0. The Hall–Kier alpha value is -3.38. The average Bonchev–Trinajstić information content (AvgIpc) is 3.00. The second-order valence-corrected chi connectivity index (χ2v) is 7.14. The van der Waals surface area contributed by atoms with E-state index < -0.39 is 48.7 Å². The van der Waals surface area contributed by atoms with E-state index >= 15 is 0 Å². The van der Waals surface area contributed by atoms with Crippen LogP contribution in [0.4, 0.5) is 19.4 Å². The Morgan fingerprint density at radius 2 is 1.97 bits per heavy atom. The maximum Gasteiger partial charge on any atom is 0.412 e. The Balaban J connectivity index is 1.69. The molecule has 3 atom stereocenters. The molecule has 0 unspecified atom stereocenters. The van der Waals surface area contributed by atoms with E-state index in [2.05, 4.69) is 10.3 Å². The monoisotopic (exact) mass is 467 g/mol. The van der Waals surface area contributed by atoms with Crippen LogP contribution in [0, 0.1) is 0 Å². The van der Waals surface area contributed by atoms with Gasteiger partial charge in [0.05, 0.1) is 6.61 Å². The van der Waals surface area contributed by atoms with E-state index in [-0.39, 0.29) is 18.8 Å². The highest BCUT2D eigenvalue weighted by Crippen LogP contribution is 2.43. The molecule has 1 saturated heterocycles. The Morgan fingerprint density at radius 3 is 2.67 bits per heavy atom. The summed E-state index contributed by atoms with van der Waals surface area (Å²) >= 11 is 0. The summed E-state index contributed by atoms with van der Waals surface area (Å²) in [5.74, 6) is -4.99. The molecule has 12 heteroatoms. The van der Waals surface area contributed by atoms with Crippen LogP contribution in [0.2, 0.25) is 0 Å². The Morgan fingerprint density at radius 1 is 1.24 bits per heavy atom. The van der Waals surface area contributed by atoms with Crippen molar-refractivity contribution >= 4 is 17.9 Å². The minimum absolute atomic E-state index is 0.00230. The van der Waals surface area contributed by atoms with E-state index in [0.29, 0.717) is 11.0 Å². The lowest BCUT2D eigenvalue weighted by atomic mass is 10.1. The Kier molecular flexibility index (Phi) is 7.71. The first-order valence-corrected chi connectivity index (χ1v) is 10.2. The second-order valence-electron chi connectivity index (χ2n) is 7.14. The number of aryl methyl sites for hydroxylation is 1. The third-order valence-corrected chi connectivity index (χ3v) is 4.87. The van der Waals surface area contributed by atoms with Gasteiger partial charge in [0.2, 0.25) is 6.23 Å². The van der Waals surface area contributed by atoms with Crippen molar-refractivity contribution < 1.29 is 37.7 Å². The van der Waals surface area contributed by atoms with Crippen molar-refractivity contribution in [3.63, 3.8) is 0 Å². The molecule has 1 fully saturated rings. The number of carbonyl (C=O) groups excluding carboxylic acids is 2. The summed E-state index contributed by atoms with van der Waals surface area (Å²) in [5, 5.41) is 12.3. The number of carbonyl (C=O) groups is 2. The smallest absolute Gasteiger partial charge is 0.412 e. The second kappa shape index (κ2) is 10.5. The van der Waals surface area contributed by atoms with E-state index in [1.165, 1.54) is 6.92 Å². The van der Waals surface area contributed by atoms with Gasteiger partial charge in [0.25, 0.3) is 0 Å². The number of nitrogens with zero attached hydrogens (tertiary/aromatic N) is 2. The number of hydrogen-bond acceptors (Lipinski definition) is 8. The van der Waals surface area contributed by atoms with Gasteiger partial charge in [0.1, 0.15) is 18.5 Å². The number of rotatable bonds is 8. The molecule has 2 heterocycles. The first-order valence-electron chi connectivity index (χ1n) is 10.2. The highest BCUT2D eigenvalue weighted by Gasteiger charge is 2.60. The van der Waals surface area contributed by atoms with Gasteiger partial charge in [-0.1, -0.05) is 30.3 Å². The quantitative estimate of drug-likeness (QED) is 0.563.